The highest BCUT2D eigenvalue weighted by Gasteiger charge is 2.74. The maximum Gasteiger partial charge on any atom is 0.0187 e. The SMILES string of the molecule is Brc1cc(-c2ccccc2)cc(-c2cccc3c2-c2ccccc2CC2CC4CC5CC(C3)C245)c1. The Morgan fingerprint density at radius 2 is 1.17 bits per heavy atom. The second-order valence-corrected chi connectivity index (χ2v) is 12.4. The summed E-state index contributed by atoms with van der Waals surface area (Å²) in [7, 11) is 0. The van der Waals surface area contributed by atoms with E-state index in [-0.39, 0.29) is 0 Å². The molecule has 3 saturated carbocycles. The van der Waals surface area contributed by atoms with Gasteiger partial charge in [0.15, 0.2) is 0 Å². The third-order valence-corrected chi connectivity index (χ3v) is 10.7. The van der Waals surface area contributed by atoms with Crippen LogP contribution in [0, 0.1) is 29.1 Å². The summed E-state index contributed by atoms with van der Waals surface area (Å²) in [6.07, 6.45) is 6.96. The van der Waals surface area contributed by atoms with Crippen molar-refractivity contribution in [2.75, 3.05) is 0 Å². The van der Waals surface area contributed by atoms with Gasteiger partial charge in [-0.25, -0.2) is 0 Å². The van der Waals surface area contributed by atoms with E-state index in [9.17, 15) is 0 Å². The highest BCUT2D eigenvalue weighted by atomic mass is 79.9. The van der Waals surface area contributed by atoms with E-state index in [0.29, 0.717) is 5.41 Å². The number of benzene rings is 4. The van der Waals surface area contributed by atoms with Gasteiger partial charge in [-0.3, -0.25) is 0 Å². The van der Waals surface area contributed by atoms with Crippen LogP contribution in [0.25, 0.3) is 33.4 Å². The molecule has 35 heavy (non-hydrogen) atoms. The zero-order chi connectivity index (χ0) is 23.1. The molecule has 4 aliphatic rings. The van der Waals surface area contributed by atoms with Crippen LogP contribution in [-0.2, 0) is 12.8 Å². The second kappa shape index (κ2) is 7.43. The lowest BCUT2D eigenvalue weighted by Gasteiger charge is -2.79. The molecule has 0 nitrogen and oxygen atoms in total. The van der Waals surface area contributed by atoms with Crippen LogP contribution < -0.4 is 0 Å². The summed E-state index contributed by atoms with van der Waals surface area (Å²) >= 11 is 3.84. The van der Waals surface area contributed by atoms with Gasteiger partial charge in [0.25, 0.3) is 0 Å². The molecule has 0 aromatic heterocycles. The van der Waals surface area contributed by atoms with Gasteiger partial charge in [0.1, 0.15) is 0 Å². The van der Waals surface area contributed by atoms with E-state index < -0.39 is 0 Å². The maximum absolute atomic E-state index is 3.84. The molecule has 0 N–H and O–H groups in total. The number of hydrogen-bond donors (Lipinski definition) is 0. The molecule has 3 fully saturated rings. The minimum absolute atomic E-state index is 0.682. The lowest BCUT2D eigenvalue weighted by molar-refractivity contribution is -0.304. The van der Waals surface area contributed by atoms with Crippen molar-refractivity contribution < 1.29 is 0 Å². The maximum atomic E-state index is 3.84. The topological polar surface area (TPSA) is 0 Å². The van der Waals surface area contributed by atoms with Gasteiger partial charge in [-0.15, -0.1) is 0 Å². The third kappa shape index (κ3) is 2.79. The predicted molar refractivity (Wildman–Crippen MR) is 148 cm³/mol. The van der Waals surface area contributed by atoms with Gasteiger partial charge in [-0.05, 0) is 124 Å². The van der Waals surface area contributed by atoms with Crippen LogP contribution in [-0.4, -0.2) is 0 Å². The van der Waals surface area contributed by atoms with Crippen molar-refractivity contribution in [1.29, 1.82) is 0 Å². The van der Waals surface area contributed by atoms with E-state index in [4.69, 9.17) is 0 Å². The van der Waals surface area contributed by atoms with Gasteiger partial charge >= 0.3 is 0 Å². The lowest BCUT2D eigenvalue weighted by atomic mass is 9.25. The molecule has 8 rings (SSSR count). The molecule has 4 aromatic carbocycles. The van der Waals surface area contributed by atoms with Gasteiger partial charge in [-0.2, -0.15) is 0 Å². The Hall–Kier alpha value is -2.64. The molecule has 0 amide bonds. The molecule has 1 spiro atoms. The number of fused-ring (bicyclic) bond motifs is 3. The molecular weight excluding hydrogens is 488 g/mol. The fraction of sp³-hybridized carbons (Fsp3) is 0.294. The third-order valence-electron chi connectivity index (χ3n) is 10.2. The molecule has 0 aliphatic heterocycles. The molecule has 1 heteroatoms. The molecule has 0 heterocycles. The summed E-state index contributed by atoms with van der Waals surface area (Å²) in [6, 6.07) is 34.1. The Labute approximate surface area is 216 Å². The quantitative estimate of drug-likeness (QED) is 0.249. The van der Waals surface area contributed by atoms with Gasteiger partial charge in [0.2, 0.25) is 0 Å². The van der Waals surface area contributed by atoms with Crippen LogP contribution >= 0.6 is 15.9 Å². The van der Waals surface area contributed by atoms with E-state index in [1.165, 1.54) is 65.5 Å². The van der Waals surface area contributed by atoms with E-state index in [2.05, 4.69) is 107 Å². The van der Waals surface area contributed by atoms with Gasteiger partial charge in [-0.1, -0.05) is 88.7 Å². The van der Waals surface area contributed by atoms with E-state index >= 15 is 0 Å². The first kappa shape index (κ1) is 20.5. The van der Waals surface area contributed by atoms with Crippen molar-refractivity contribution in [2.24, 2.45) is 29.1 Å². The van der Waals surface area contributed by atoms with Crippen LogP contribution in [0.4, 0.5) is 0 Å². The van der Waals surface area contributed by atoms with Crippen molar-refractivity contribution >= 4 is 15.9 Å². The fourth-order valence-corrected chi connectivity index (χ4v) is 9.32. The molecule has 4 aliphatic carbocycles. The first-order chi connectivity index (χ1) is 17.2. The van der Waals surface area contributed by atoms with Crippen LogP contribution in [0.1, 0.15) is 30.4 Å². The summed E-state index contributed by atoms with van der Waals surface area (Å²) in [5.41, 5.74) is 12.0. The number of hydrogen-bond acceptors (Lipinski definition) is 0. The van der Waals surface area contributed by atoms with E-state index in [1.54, 1.807) is 11.1 Å². The summed E-state index contributed by atoms with van der Waals surface area (Å²) in [5, 5.41) is 0. The fourth-order valence-electron chi connectivity index (χ4n) is 8.83. The Morgan fingerprint density at radius 1 is 0.543 bits per heavy atom. The molecule has 0 saturated heterocycles. The van der Waals surface area contributed by atoms with Gasteiger partial charge < -0.3 is 0 Å². The molecule has 4 aromatic rings. The van der Waals surface area contributed by atoms with E-state index in [1.807, 2.05) is 0 Å². The van der Waals surface area contributed by atoms with Crippen LogP contribution in [0.3, 0.4) is 0 Å². The monoisotopic (exact) mass is 516 g/mol. The molecule has 172 valence electrons. The zero-order valence-corrected chi connectivity index (χ0v) is 21.5. The van der Waals surface area contributed by atoms with E-state index in [0.717, 1.165) is 28.1 Å². The summed E-state index contributed by atoms with van der Waals surface area (Å²) in [5.74, 6) is 3.83. The number of rotatable bonds is 2. The predicted octanol–water partition coefficient (Wildman–Crippen LogP) is 9.21. The average Bonchev–Trinajstić information content (AvgIpc) is 2.91. The van der Waals surface area contributed by atoms with Crippen molar-refractivity contribution in [1.82, 2.24) is 0 Å². The Balaban J connectivity index is 1.33. The molecule has 5 atom stereocenters. The van der Waals surface area contributed by atoms with Crippen molar-refractivity contribution in [3.8, 4) is 33.4 Å². The second-order valence-electron chi connectivity index (χ2n) is 11.5. The smallest absolute Gasteiger partial charge is 0.0187 e. The summed E-state index contributed by atoms with van der Waals surface area (Å²) in [4.78, 5) is 0. The Morgan fingerprint density at radius 3 is 1.97 bits per heavy atom. The highest BCUT2D eigenvalue weighted by Crippen LogP contribution is 2.80. The summed E-state index contributed by atoms with van der Waals surface area (Å²) < 4.78 is 1.14. The van der Waals surface area contributed by atoms with Gasteiger partial charge in [0.05, 0.1) is 0 Å². The summed E-state index contributed by atoms with van der Waals surface area (Å²) in [6.45, 7) is 0. The Bertz CT molecular complexity index is 1460. The van der Waals surface area contributed by atoms with Crippen molar-refractivity contribution in [3.05, 3.63) is 107 Å². The molecule has 0 bridgehead atoms. The van der Waals surface area contributed by atoms with Crippen molar-refractivity contribution in [2.45, 2.75) is 32.1 Å². The standard InChI is InChI=1S/C34H29Br/c35-30-16-24(21-7-2-1-3-8-21)13-25(17-30)32-12-6-10-23-15-27-19-29-20-28-18-26(34(27,28)29)14-22-9-4-5-11-31(22)33(23)32/h1-13,16-17,26-29H,14-15,18-20H2. The minimum Gasteiger partial charge on any atom is -0.0622 e. The lowest BCUT2D eigenvalue weighted by Crippen LogP contribution is -2.73. The normalized spacial score (nSPS) is 29.4. The van der Waals surface area contributed by atoms with Gasteiger partial charge in [0, 0.05) is 4.47 Å². The van der Waals surface area contributed by atoms with Crippen LogP contribution in [0.15, 0.2) is 95.5 Å². The van der Waals surface area contributed by atoms with Crippen LogP contribution in [0.2, 0.25) is 0 Å². The molecular formula is C34H29Br. The zero-order valence-electron chi connectivity index (χ0n) is 19.9. The van der Waals surface area contributed by atoms with Crippen molar-refractivity contribution in [3.63, 3.8) is 0 Å². The Kier molecular flexibility index (Phi) is 4.36. The molecule has 5 unspecified atom stereocenters. The average molecular weight is 518 g/mol. The largest absolute Gasteiger partial charge is 0.0622 e. The first-order valence-electron chi connectivity index (χ1n) is 13.3. The minimum atomic E-state index is 0.682. The van der Waals surface area contributed by atoms with Crippen LogP contribution in [0.5, 0.6) is 0 Å². The first-order valence-corrected chi connectivity index (χ1v) is 14.1. The molecule has 0 radical (unpaired) electrons. The highest BCUT2D eigenvalue weighted by molar-refractivity contribution is 9.10. The number of halogens is 1.